The normalized spacial score (nSPS) is 31.7. The highest BCUT2D eigenvalue weighted by molar-refractivity contribution is 5.72. The molecule has 2 aliphatic heterocycles. The Bertz CT molecular complexity index is 747. The van der Waals surface area contributed by atoms with Crippen LogP contribution < -0.4 is 0 Å². The molecule has 0 N–H and O–H groups in total. The summed E-state index contributed by atoms with van der Waals surface area (Å²) in [4.78, 5) is 13.0. The first-order valence-corrected chi connectivity index (χ1v) is 8.23. The van der Waals surface area contributed by atoms with Crippen LogP contribution in [-0.2, 0) is 18.9 Å². The second-order valence-electron chi connectivity index (χ2n) is 6.57. The van der Waals surface area contributed by atoms with Gasteiger partial charge in [-0.05, 0) is 27.7 Å². The first-order valence-electron chi connectivity index (χ1n) is 8.23. The van der Waals surface area contributed by atoms with Crippen LogP contribution in [0, 0.1) is 6.92 Å². The lowest BCUT2D eigenvalue weighted by molar-refractivity contribution is -0.201. The molecule has 4 rings (SSSR count). The summed E-state index contributed by atoms with van der Waals surface area (Å²) in [5, 5.41) is 0. The highest BCUT2D eigenvalue weighted by atomic mass is 16.8. The lowest BCUT2D eigenvalue weighted by Gasteiger charge is -2.24. The van der Waals surface area contributed by atoms with Crippen LogP contribution in [0.5, 0.6) is 0 Å². The van der Waals surface area contributed by atoms with Crippen molar-refractivity contribution in [1.29, 1.82) is 0 Å². The van der Waals surface area contributed by atoms with E-state index < -0.39 is 5.79 Å². The van der Waals surface area contributed by atoms with Gasteiger partial charge in [-0.3, -0.25) is 4.57 Å². The van der Waals surface area contributed by atoms with Crippen molar-refractivity contribution in [3.63, 3.8) is 0 Å². The summed E-state index contributed by atoms with van der Waals surface area (Å²) in [6.45, 7) is 8.80. The van der Waals surface area contributed by atoms with Crippen molar-refractivity contribution >= 4 is 11.2 Å². The molecule has 2 aliphatic rings. The van der Waals surface area contributed by atoms with Crippen LogP contribution in [0.3, 0.4) is 0 Å². The van der Waals surface area contributed by atoms with Crippen LogP contribution in [0.1, 0.15) is 32.7 Å². The van der Waals surface area contributed by atoms with E-state index in [9.17, 15) is 0 Å². The van der Waals surface area contributed by atoms with Crippen molar-refractivity contribution in [3.05, 3.63) is 18.3 Å². The molecule has 8 heteroatoms. The van der Waals surface area contributed by atoms with Gasteiger partial charge in [0, 0.05) is 6.61 Å². The molecule has 0 aromatic carbocycles. The van der Waals surface area contributed by atoms with Crippen molar-refractivity contribution in [1.82, 2.24) is 19.5 Å². The van der Waals surface area contributed by atoms with Gasteiger partial charge in [-0.1, -0.05) is 0 Å². The maximum atomic E-state index is 6.20. The van der Waals surface area contributed by atoms with E-state index in [2.05, 4.69) is 15.0 Å². The number of rotatable bonds is 4. The van der Waals surface area contributed by atoms with Gasteiger partial charge in [0.1, 0.15) is 30.2 Å². The molecule has 0 radical (unpaired) electrons. The molecule has 130 valence electrons. The average molecular weight is 334 g/mol. The maximum Gasteiger partial charge on any atom is 0.166 e. The standard InChI is InChI=1S/C16H22N4O4/c1-5-21-6-10-12-13(24-16(3,4)23-12)15(22-10)20-8-19-11-9(2)17-7-18-14(11)20/h7-8,10,12-13,15H,5-6H2,1-4H3/t10-,12-,13-,15-/m1/s1. The molecule has 4 heterocycles. The van der Waals surface area contributed by atoms with E-state index in [1.807, 2.05) is 32.3 Å². The molecule has 8 nitrogen and oxygen atoms in total. The molecular formula is C16H22N4O4. The van der Waals surface area contributed by atoms with Crippen LogP contribution in [0.25, 0.3) is 11.2 Å². The predicted molar refractivity (Wildman–Crippen MR) is 84.3 cm³/mol. The molecule has 2 aromatic heterocycles. The van der Waals surface area contributed by atoms with Gasteiger partial charge in [0.2, 0.25) is 0 Å². The Morgan fingerprint density at radius 1 is 1.21 bits per heavy atom. The number of aryl methyl sites for hydroxylation is 1. The van der Waals surface area contributed by atoms with Crippen LogP contribution in [0.2, 0.25) is 0 Å². The third-order valence-electron chi connectivity index (χ3n) is 4.43. The number of aromatic nitrogens is 4. The van der Waals surface area contributed by atoms with Crippen LogP contribution in [0.4, 0.5) is 0 Å². The minimum atomic E-state index is -0.650. The monoisotopic (exact) mass is 334 g/mol. The fraction of sp³-hybridized carbons (Fsp3) is 0.688. The molecule has 0 bridgehead atoms. The lowest BCUT2D eigenvalue weighted by atomic mass is 10.1. The number of nitrogens with zero attached hydrogens (tertiary/aromatic N) is 4. The van der Waals surface area contributed by atoms with Gasteiger partial charge < -0.3 is 18.9 Å². The Hall–Kier alpha value is -1.61. The summed E-state index contributed by atoms with van der Waals surface area (Å²) in [5.74, 6) is -0.650. The minimum Gasteiger partial charge on any atom is -0.379 e. The van der Waals surface area contributed by atoms with Crippen LogP contribution in [-0.4, -0.2) is 56.8 Å². The SMILES string of the molecule is CCOC[C@H]1O[C@@H](n2cnc3c(C)ncnc32)[C@@H]2OC(C)(C)O[C@@H]21. The van der Waals surface area contributed by atoms with Crippen LogP contribution >= 0.6 is 0 Å². The number of imidazole rings is 1. The third-order valence-corrected chi connectivity index (χ3v) is 4.43. The molecule has 2 aromatic rings. The highest BCUT2D eigenvalue weighted by Gasteiger charge is 2.56. The van der Waals surface area contributed by atoms with E-state index in [-0.39, 0.29) is 24.5 Å². The van der Waals surface area contributed by atoms with E-state index in [1.165, 1.54) is 6.33 Å². The van der Waals surface area contributed by atoms with Crippen LogP contribution in [0.15, 0.2) is 12.7 Å². The second kappa shape index (κ2) is 5.73. The van der Waals surface area contributed by atoms with Gasteiger partial charge in [-0.25, -0.2) is 15.0 Å². The topological polar surface area (TPSA) is 80.5 Å². The predicted octanol–water partition coefficient (Wildman–Crippen LogP) is 1.59. The quantitative estimate of drug-likeness (QED) is 0.840. The summed E-state index contributed by atoms with van der Waals surface area (Å²) in [6, 6.07) is 0. The van der Waals surface area contributed by atoms with Gasteiger partial charge in [0.25, 0.3) is 0 Å². The molecular weight excluding hydrogens is 312 g/mol. The first-order chi connectivity index (χ1) is 11.5. The van der Waals surface area contributed by atoms with Crippen molar-refractivity contribution in [2.24, 2.45) is 0 Å². The molecule has 4 atom stereocenters. The van der Waals surface area contributed by atoms with E-state index in [0.717, 1.165) is 16.9 Å². The summed E-state index contributed by atoms with van der Waals surface area (Å²) in [6.07, 6.45) is 2.29. The van der Waals surface area contributed by atoms with Crippen molar-refractivity contribution < 1.29 is 18.9 Å². The molecule has 0 spiro atoms. The van der Waals surface area contributed by atoms with Crippen molar-refractivity contribution in [2.75, 3.05) is 13.2 Å². The van der Waals surface area contributed by atoms with E-state index in [0.29, 0.717) is 13.2 Å². The van der Waals surface area contributed by atoms with Gasteiger partial charge in [-0.15, -0.1) is 0 Å². The molecule has 0 aliphatic carbocycles. The summed E-state index contributed by atoms with van der Waals surface area (Å²) in [5.41, 5.74) is 2.34. The average Bonchev–Trinajstić information content (AvgIpc) is 3.17. The Labute approximate surface area is 140 Å². The van der Waals surface area contributed by atoms with E-state index in [4.69, 9.17) is 18.9 Å². The third kappa shape index (κ3) is 2.50. The van der Waals surface area contributed by atoms with Crippen molar-refractivity contribution in [2.45, 2.75) is 58.0 Å². The fourth-order valence-corrected chi connectivity index (χ4v) is 3.41. The van der Waals surface area contributed by atoms with Gasteiger partial charge in [-0.2, -0.15) is 0 Å². The maximum absolute atomic E-state index is 6.20. The zero-order valence-corrected chi connectivity index (χ0v) is 14.3. The molecule has 24 heavy (non-hydrogen) atoms. The fourth-order valence-electron chi connectivity index (χ4n) is 3.41. The van der Waals surface area contributed by atoms with Gasteiger partial charge in [0.15, 0.2) is 17.7 Å². The molecule has 2 fully saturated rings. The smallest absolute Gasteiger partial charge is 0.166 e. The van der Waals surface area contributed by atoms with E-state index in [1.54, 1.807) is 6.33 Å². The summed E-state index contributed by atoms with van der Waals surface area (Å²) < 4.78 is 25.8. The molecule has 0 unspecified atom stereocenters. The molecule has 2 saturated heterocycles. The highest BCUT2D eigenvalue weighted by Crippen LogP contribution is 2.43. The number of hydrogen-bond acceptors (Lipinski definition) is 7. The molecule has 0 amide bonds. The Kier molecular flexibility index (Phi) is 3.80. The summed E-state index contributed by atoms with van der Waals surface area (Å²) in [7, 11) is 0. The zero-order chi connectivity index (χ0) is 16.9. The summed E-state index contributed by atoms with van der Waals surface area (Å²) >= 11 is 0. The van der Waals surface area contributed by atoms with Crippen molar-refractivity contribution in [3.8, 4) is 0 Å². The zero-order valence-electron chi connectivity index (χ0n) is 14.3. The van der Waals surface area contributed by atoms with E-state index >= 15 is 0 Å². The first kappa shape index (κ1) is 15.9. The molecule has 0 saturated carbocycles. The largest absolute Gasteiger partial charge is 0.379 e. The Morgan fingerprint density at radius 2 is 2.00 bits per heavy atom. The number of fused-ring (bicyclic) bond motifs is 2. The number of hydrogen-bond donors (Lipinski definition) is 0. The lowest BCUT2D eigenvalue weighted by Crippen LogP contribution is -2.32. The Morgan fingerprint density at radius 3 is 2.79 bits per heavy atom. The number of ether oxygens (including phenoxy) is 4. The second-order valence-corrected chi connectivity index (χ2v) is 6.57. The Balaban J connectivity index is 1.70. The minimum absolute atomic E-state index is 0.183. The van der Waals surface area contributed by atoms with Gasteiger partial charge in [0.05, 0.1) is 18.6 Å². The van der Waals surface area contributed by atoms with Gasteiger partial charge >= 0.3 is 0 Å².